The van der Waals surface area contributed by atoms with Crippen molar-refractivity contribution in [1.82, 2.24) is 19.4 Å². The number of β-amino-alcohol motifs (C(OH)–C–C–N with tert-alkyl or cyclic N) is 1. The summed E-state index contributed by atoms with van der Waals surface area (Å²) >= 11 is 0. The Bertz CT molecular complexity index is 570. The maximum Gasteiger partial charge on any atom is 0.224 e. The molecule has 140 valence electrons. The summed E-state index contributed by atoms with van der Waals surface area (Å²) in [6.45, 7) is 7.01. The minimum Gasteiger partial charge on any atom is -0.384 e. The van der Waals surface area contributed by atoms with Gasteiger partial charge in [-0.2, -0.15) is 0 Å². The highest BCUT2D eigenvalue weighted by Crippen LogP contribution is 2.18. The van der Waals surface area contributed by atoms with Crippen molar-refractivity contribution in [3.05, 3.63) is 18.2 Å². The monoisotopic (exact) mass is 350 g/mol. The van der Waals surface area contributed by atoms with Gasteiger partial charge in [-0.3, -0.25) is 4.79 Å². The van der Waals surface area contributed by atoms with Gasteiger partial charge in [0.25, 0.3) is 0 Å². The predicted molar refractivity (Wildman–Crippen MR) is 94.2 cm³/mol. The summed E-state index contributed by atoms with van der Waals surface area (Å²) in [5.74, 6) is 1.07. The van der Waals surface area contributed by atoms with Crippen LogP contribution in [0.15, 0.2) is 12.4 Å². The van der Waals surface area contributed by atoms with Crippen LogP contribution in [-0.4, -0.2) is 81.9 Å². The summed E-state index contributed by atoms with van der Waals surface area (Å²) in [6, 6.07) is 0. The standard InChI is InChI=1S/C18H30N4O3/c1-2-16-19-6-10-21(16)9-5-17(23)22-11-12-25-15-18(24,14-22)13-20-7-3-4-8-20/h6,10,24H,2-5,7-9,11-15H2,1H3. The summed E-state index contributed by atoms with van der Waals surface area (Å²) in [4.78, 5) is 21.0. The minimum absolute atomic E-state index is 0.0705. The SMILES string of the molecule is CCc1nccn1CCC(=O)N1CCOCC(O)(CN2CCCC2)C1. The largest absolute Gasteiger partial charge is 0.384 e. The normalized spacial score (nSPS) is 25.3. The number of aryl methyl sites for hydroxylation is 2. The number of likely N-dealkylation sites (tertiary alicyclic amines) is 1. The average Bonchev–Trinajstić information content (AvgIpc) is 3.22. The first-order valence-electron chi connectivity index (χ1n) is 9.40. The molecular formula is C18H30N4O3. The molecule has 1 aromatic rings. The number of nitrogens with zero attached hydrogens (tertiary/aromatic N) is 4. The average molecular weight is 350 g/mol. The van der Waals surface area contributed by atoms with E-state index in [1.807, 2.05) is 10.8 Å². The number of rotatable bonds is 6. The van der Waals surface area contributed by atoms with Gasteiger partial charge in [0.1, 0.15) is 11.4 Å². The Morgan fingerprint density at radius 3 is 2.92 bits per heavy atom. The van der Waals surface area contributed by atoms with Crippen LogP contribution in [0.3, 0.4) is 0 Å². The van der Waals surface area contributed by atoms with Crippen LogP contribution in [0.5, 0.6) is 0 Å². The van der Waals surface area contributed by atoms with E-state index in [-0.39, 0.29) is 5.91 Å². The van der Waals surface area contributed by atoms with Crippen LogP contribution in [0.2, 0.25) is 0 Å². The minimum atomic E-state index is -0.972. The number of hydrogen-bond acceptors (Lipinski definition) is 5. The van der Waals surface area contributed by atoms with Crippen LogP contribution >= 0.6 is 0 Å². The van der Waals surface area contributed by atoms with Gasteiger partial charge in [-0.15, -0.1) is 0 Å². The lowest BCUT2D eigenvalue weighted by atomic mass is 10.0. The lowest BCUT2D eigenvalue weighted by molar-refractivity contribution is -0.134. The van der Waals surface area contributed by atoms with Crippen molar-refractivity contribution in [2.24, 2.45) is 0 Å². The van der Waals surface area contributed by atoms with Gasteiger partial charge in [-0.05, 0) is 25.9 Å². The first-order chi connectivity index (χ1) is 12.1. The summed E-state index contributed by atoms with van der Waals surface area (Å²) in [6.07, 6.45) is 7.34. The fourth-order valence-corrected chi connectivity index (χ4v) is 3.81. The van der Waals surface area contributed by atoms with Gasteiger partial charge in [-0.1, -0.05) is 6.92 Å². The second-order valence-electron chi connectivity index (χ2n) is 7.22. The lowest BCUT2D eigenvalue weighted by Crippen LogP contribution is -2.53. The maximum atomic E-state index is 12.7. The Morgan fingerprint density at radius 1 is 1.36 bits per heavy atom. The third kappa shape index (κ3) is 4.80. The molecule has 2 aliphatic heterocycles. The molecule has 0 aliphatic carbocycles. The molecular weight excluding hydrogens is 320 g/mol. The molecule has 1 amide bonds. The number of aromatic nitrogens is 2. The summed E-state index contributed by atoms with van der Waals surface area (Å²) in [5.41, 5.74) is -0.972. The van der Waals surface area contributed by atoms with E-state index in [0.717, 1.165) is 25.3 Å². The molecule has 2 aliphatic rings. The highest BCUT2D eigenvalue weighted by atomic mass is 16.5. The molecule has 1 aromatic heterocycles. The smallest absolute Gasteiger partial charge is 0.224 e. The number of hydrogen-bond donors (Lipinski definition) is 1. The molecule has 7 heteroatoms. The number of imidazole rings is 1. The zero-order valence-corrected chi connectivity index (χ0v) is 15.2. The van der Waals surface area contributed by atoms with Crippen LogP contribution < -0.4 is 0 Å². The Balaban J connectivity index is 1.56. The molecule has 2 fully saturated rings. The number of carbonyl (C=O) groups excluding carboxylic acids is 1. The molecule has 25 heavy (non-hydrogen) atoms. The Morgan fingerprint density at radius 2 is 2.16 bits per heavy atom. The van der Waals surface area contributed by atoms with Crippen LogP contribution in [-0.2, 0) is 22.5 Å². The van der Waals surface area contributed by atoms with Gasteiger partial charge in [0.05, 0.1) is 19.8 Å². The van der Waals surface area contributed by atoms with Gasteiger partial charge in [0.15, 0.2) is 0 Å². The molecule has 0 saturated carbocycles. The van der Waals surface area contributed by atoms with Crippen molar-refractivity contribution in [3.8, 4) is 0 Å². The number of aliphatic hydroxyl groups is 1. The van der Waals surface area contributed by atoms with Crippen molar-refractivity contribution >= 4 is 5.91 Å². The number of ether oxygens (including phenoxy) is 1. The van der Waals surface area contributed by atoms with Crippen molar-refractivity contribution in [3.63, 3.8) is 0 Å². The van der Waals surface area contributed by atoms with Crippen LogP contribution in [0, 0.1) is 0 Å². The molecule has 7 nitrogen and oxygen atoms in total. The zero-order valence-electron chi connectivity index (χ0n) is 15.2. The zero-order chi connectivity index (χ0) is 17.7. The van der Waals surface area contributed by atoms with Crippen molar-refractivity contribution in [1.29, 1.82) is 0 Å². The fourth-order valence-electron chi connectivity index (χ4n) is 3.81. The van der Waals surface area contributed by atoms with Crippen molar-refractivity contribution < 1.29 is 14.6 Å². The predicted octanol–water partition coefficient (Wildman–Crippen LogP) is 0.521. The summed E-state index contributed by atoms with van der Waals surface area (Å²) < 4.78 is 7.63. The highest BCUT2D eigenvalue weighted by Gasteiger charge is 2.36. The first-order valence-corrected chi connectivity index (χ1v) is 9.40. The molecule has 2 saturated heterocycles. The molecule has 0 bridgehead atoms. The lowest BCUT2D eigenvalue weighted by Gasteiger charge is -2.34. The third-order valence-electron chi connectivity index (χ3n) is 5.12. The van der Waals surface area contributed by atoms with E-state index in [9.17, 15) is 9.90 Å². The van der Waals surface area contributed by atoms with E-state index in [4.69, 9.17) is 4.74 Å². The molecule has 3 heterocycles. The summed E-state index contributed by atoms with van der Waals surface area (Å²) in [7, 11) is 0. The quantitative estimate of drug-likeness (QED) is 0.810. The first kappa shape index (κ1) is 18.4. The van der Waals surface area contributed by atoms with E-state index in [1.54, 1.807) is 11.1 Å². The van der Waals surface area contributed by atoms with Gasteiger partial charge < -0.3 is 24.2 Å². The molecule has 3 rings (SSSR count). The fraction of sp³-hybridized carbons (Fsp3) is 0.778. The molecule has 1 N–H and O–H groups in total. The highest BCUT2D eigenvalue weighted by molar-refractivity contribution is 5.76. The van der Waals surface area contributed by atoms with Crippen LogP contribution in [0.4, 0.5) is 0 Å². The van der Waals surface area contributed by atoms with E-state index in [1.165, 1.54) is 12.8 Å². The van der Waals surface area contributed by atoms with Gasteiger partial charge in [0.2, 0.25) is 5.91 Å². The van der Waals surface area contributed by atoms with E-state index >= 15 is 0 Å². The molecule has 0 spiro atoms. The number of carbonyl (C=O) groups is 1. The topological polar surface area (TPSA) is 70.8 Å². The van der Waals surface area contributed by atoms with Crippen LogP contribution in [0.1, 0.15) is 32.0 Å². The Kier molecular flexibility index (Phi) is 6.09. The number of amides is 1. The third-order valence-corrected chi connectivity index (χ3v) is 5.12. The van der Waals surface area contributed by atoms with E-state index in [0.29, 0.717) is 45.8 Å². The van der Waals surface area contributed by atoms with Gasteiger partial charge >= 0.3 is 0 Å². The molecule has 1 unspecified atom stereocenters. The second kappa shape index (κ2) is 8.29. The van der Waals surface area contributed by atoms with Gasteiger partial charge in [0, 0.05) is 44.9 Å². The second-order valence-corrected chi connectivity index (χ2v) is 7.22. The molecule has 1 atom stereocenters. The van der Waals surface area contributed by atoms with Gasteiger partial charge in [-0.25, -0.2) is 4.98 Å². The maximum absolute atomic E-state index is 12.7. The van der Waals surface area contributed by atoms with Crippen LogP contribution in [0.25, 0.3) is 0 Å². The summed E-state index contributed by atoms with van der Waals surface area (Å²) in [5, 5.41) is 11.0. The van der Waals surface area contributed by atoms with E-state index < -0.39 is 5.60 Å². The molecule has 0 aromatic carbocycles. The van der Waals surface area contributed by atoms with Crippen molar-refractivity contribution in [2.75, 3.05) is 45.9 Å². The van der Waals surface area contributed by atoms with Crippen molar-refractivity contribution in [2.45, 2.75) is 44.8 Å². The Hall–Kier alpha value is -1.44. The molecule has 0 radical (unpaired) electrons. The van der Waals surface area contributed by atoms with E-state index in [2.05, 4.69) is 16.8 Å². The Labute approximate surface area is 149 Å².